The zero-order chi connectivity index (χ0) is 18.5. The molecule has 0 bridgehead atoms. The number of ether oxygens (including phenoxy) is 1. The number of benzene rings is 2. The highest BCUT2D eigenvalue weighted by Crippen LogP contribution is 2.28. The highest BCUT2D eigenvalue weighted by molar-refractivity contribution is 6.14. The Morgan fingerprint density at radius 2 is 1.65 bits per heavy atom. The van der Waals surface area contributed by atoms with Crippen molar-refractivity contribution in [1.29, 1.82) is 0 Å². The van der Waals surface area contributed by atoms with Crippen molar-refractivity contribution in [3.8, 4) is 5.75 Å². The van der Waals surface area contributed by atoms with Crippen molar-refractivity contribution in [2.24, 2.45) is 0 Å². The third-order valence-electron chi connectivity index (χ3n) is 4.41. The summed E-state index contributed by atoms with van der Waals surface area (Å²) in [5.41, 5.74) is 3.56. The molecule has 1 fully saturated rings. The van der Waals surface area contributed by atoms with Gasteiger partial charge in [0.05, 0.1) is 12.7 Å². The normalized spacial score (nSPS) is 17.5. The molecule has 1 aliphatic rings. The van der Waals surface area contributed by atoms with Crippen LogP contribution in [0.25, 0.3) is 12.2 Å². The van der Waals surface area contributed by atoms with Gasteiger partial charge in [0.15, 0.2) is 5.78 Å². The summed E-state index contributed by atoms with van der Waals surface area (Å²) in [5, 5.41) is 8.97. The molecule has 4 nitrogen and oxygen atoms in total. The third kappa shape index (κ3) is 4.09. The van der Waals surface area contributed by atoms with Crippen LogP contribution in [0.2, 0.25) is 0 Å². The number of aromatic carboxylic acids is 1. The van der Waals surface area contributed by atoms with Crippen molar-refractivity contribution < 1.29 is 19.4 Å². The standard InChI is InChI=1S/C22H20O4/c1-26-20-7-2-4-16(14-20)13-19-6-3-5-18(21(19)23)12-15-8-10-17(11-9-15)22(24)25/h2,4,7-14H,3,5-6H2,1H3,(H,24,25)/b18-12+,19-13+. The topological polar surface area (TPSA) is 63.6 Å². The van der Waals surface area contributed by atoms with Crippen LogP contribution in [0.1, 0.15) is 40.7 Å². The Morgan fingerprint density at radius 1 is 1.00 bits per heavy atom. The average molecular weight is 348 g/mol. The maximum atomic E-state index is 12.8. The van der Waals surface area contributed by atoms with Gasteiger partial charge in [0, 0.05) is 11.1 Å². The fourth-order valence-electron chi connectivity index (χ4n) is 3.03. The molecule has 0 spiro atoms. The van der Waals surface area contributed by atoms with E-state index in [0.717, 1.165) is 47.3 Å². The second kappa shape index (κ2) is 7.83. The third-order valence-corrected chi connectivity index (χ3v) is 4.41. The van der Waals surface area contributed by atoms with E-state index in [-0.39, 0.29) is 11.3 Å². The maximum Gasteiger partial charge on any atom is 0.335 e. The van der Waals surface area contributed by atoms with Crippen molar-refractivity contribution in [3.05, 3.63) is 76.4 Å². The molecule has 4 heteroatoms. The minimum atomic E-state index is -0.957. The Bertz CT molecular complexity index is 889. The Kier molecular flexibility index (Phi) is 5.32. The minimum Gasteiger partial charge on any atom is -0.497 e. The van der Waals surface area contributed by atoms with Crippen molar-refractivity contribution in [2.45, 2.75) is 19.3 Å². The molecule has 0 aliphatic heterocycles. The van der Waals surface area contributed by atoms with Crippen LogP contribution in [0.15, 0.2) is 59.7 Å². The first-order valence-corrected chi connectivity index (χ1v) is 8.50. The maximum absolute atomic E-state index is 12.8. The van der Waals surface area contributed by atoms with Gasteiger partial charge in [-0.25, -0.2) is 4.79 Å². The molecule has 1 N–H and O–H groups in total. The monoisotopic (exact) mass is 348 g/mol. The lowest BCUT2D eigenvalue weighted by molar-refractivity contribution is -0.112. The zero-order valence-electron chi connectivity index (χ0n) is 14.6. The van der Waals surface area contributed by atoms with E-state index in [4.69, 9.17) is 9.84 Å². The molecule has 132 valence electrons. The summed E-state index contributed by atoms with van der Waals surface area (Å²) in [6.07, 6.45) is 6.18. The van der Waals surface area contributed by atoms with Crippen molar-refractivity contribution in [2.75, 3.05) is 7.11 Å². The fraction of sp³-hybridized carbons (Fsp3) is 0.182. The first-order valence-electron chi connectivity index (χ1n) is 8.50. The molecule has 2 aromatic rings. The fourth-order valence-corrected chi connectivity index (χ4v) is 3.03. The summed E-state index contributed by atoms with van der Waals surface area (Å²) in [4.78, 5) is 23.7. The SMILES string of the molecule is COc1cccc(/C=C2\CCC/C(=C\c3ccc(C(=O)O)cc3)C2=O)c1. The molecule has 26 heavy (non-hydrogen) atoms. The van der Waals surface area contributed by atoms with E-state index in [1.54, 1.807) is 31.4 Å². The van der Waals surface area contributed by atoms with Gasteiger partial charge in [-0.3, -0.25) is 4.79 Å². The van der Waals surface area contributed by atoms with Crippen LogP contribution in [-0.2, 0) is 4.79 Å². The van der Waals surface area contributed by atoms with Crippen molar-refractivity contribution >= 4 is 23.9 Å². The molecule has 0 unspecified atom stereocenters. The molecular weight excluding hydrogens is 328 g/mol. The van der Waals surface area contributed by atoms with E-state index in [1.807, 2.05) is 36.4 Å². The first kappa shape index (κ1) is 17.7. The van der Waals surface area contributed by atoms with E-state index in [0.29, 0.717) is 0 Å². The molecule has 0 amide bonds. The van der Waals surface area contributed by atoms with Gasteiger partial charge in [0.25, 0.3) is 0 Å². The molecular formula is C22H20O4. The molecule has 2 aromatic carbocycles. The molecule has 0 saturated heterocycles. The average Bonchev–Trinajstić information content (AvgIpc) is 2.65. The molecule has 0 aromatic heterocycles. The van der Waals surface area contributed by atoms with Crippen LogP contribution in [0.4, 0.5) is 0 Å². The minimum absolute atomic E-state index is 0.0568. The van der Waals surface area contributed by atoms with Crippen LogP contribution >= 0.6 is 0 Å². The smallest absolute Gasteiger partial charge is 0.335 e. The number of hydrogen-bond donors (Lipinski definition) is 1. The van der Waals surface area contributed by atoms with Gasteiger partial charge in [-0.05, 0) is 66.8 Å². The molecule has 3 rings (SSSR count). The van der Waals surface area contributed by atoms with Gasteiger partial charge >= 0.3 is 5.97 Å². The van der Waals surface area contributed by atoms with Gasteiger partial charge in [-0.2, -0.15) is 0 Å². The number of Topliss-reactive ketones (excluding diaryl/α,β-unsaturated/α-hetero) is 1. The number of carbonyl (C=O) groups excluding carboxylic acids is 1. The molecule has 1 aliphatic carbocycles. The lowest BCUT2D eigenvalue weighted by atomic mass is 9.87. The predicted molar refractivity (Wildman–Crippen MR) is 101 cm³/mol. The number of allylic oxidation sites excluding steroid dienone is 2. The van der Waals surface area contributed by atoms with E-state index in [1.165, 1.54) is 0 Å². The van der Waals surface area contributed by atoms with Gasteiger partial charge < -0.3 is 9.84 Å². The van der Waals surface area contributed by atoms with Crippen LogP contribution in [0.5, 0.6) is 5.75 Å². The Morgan fingerprint density at radius 3 is 2.27 bits per heavy atom. The number of carboxylic acid groups (broad SMARTS) is 1. The van der Waals surface area contributed by atoms with Gasteiger partial charge in [0.1, 0.15) is 5.75 Å². The summed E-state index contributed by atoms with van der Waals surface area (Å²) >= 11 is 0. The van der Waals surface area contributed by atoms with Crippen LogP contribution in [0.3, 0.4) is 0 Å². The second-order valence-corrected chi connectivity index (χ2v) is 6.23. The number of carboxylic acids is 1. The lowest BCUT2D eigenvalue weighted by Crippen LogP contribution is -2.12. The van der Waals surface area contributed by atoms with E-state index >= 15 is 0 Å². The van der Waals surface area contributed by atoms with Gasteiger partial charge in [-0.15, -0.1) is 0 Å². The Balaban J connectivity index is 1.84. The first-order chi connectivity index (χ1) is 12.6. The number of carbonyl (C=O) groups is 2. The zero-order valence-corrected chi connectivity index (χ0v) is 14.6. The number of rotatable bonds is 4. The molecule has 0 atom stereocenters. The Hall–Kier alpha value is -3.14. The number of hydrogen-bond acceptors (Lipinski definition) is 3. The highest BCUT2D eigenvalue weighted by atomic mass is 16.5. The molecule has 1 saturated carbocycles. The summed E-state index contributed by atoms with van der Waals surface area (Å²) in [5.74, 6) is -0.139. The second-order valence-electron chi connectivity index (χ2n) is 6.23. The molecule has 0 heterocycles. The largest absolute Gasteiger partial charge is 0.497 e. The quantitative estimate of drug-likeness (QED) is 0.819. The summed E-state index contributed by atoms with van der Waals surface area (Å²) in [6, 6.07) is 14.2. The van der Waals surface area contributed by atoms with E-state index in [2.05, 4.69) is 0 Å². The lowest BCUT2D eigenvalue weighted by Gasteiger charge is -2.16. The van der Waals surface area contributed by atoms with Crippen LogP contribution in [0, 0.1) is 0 Å². The highest BCUT2D eigenvalue weighted by Gasteiger charge is 2.20. The van der Waals surface area contributed by atoms with Gasteiger partial charge in [-0.1, -0.05) is 24.3 Å². The Labute approximate surface area is 152 Å². The molecule has 0 radical (unpaired) electrons. The van der Waals surface area contributed by atoms with Gasteiger partial charge in [0.2, 0.25) is 0 Å². The number of methoxy groups -OCH3 is 1. The van der Waals surface area contributed by atoms with Crippen molar-refractivity contribution in [1.82, 2.24) is 0 Å². The van der Waals surface area contributed by atoms with Crippen molar-refractivity contribution in [3.63, 3.8) is 0 Å². The van der Waals surface area contributed by atoms with E-state index in [9.17, 15) is 9.59 Å². The summed E-state index contributed by atoms with van der Waals surface area (Å²) in [7, 11) is 1.62. The number of ketones is 1. The van der Waals surface area contributed by atoms with Crippen LogP contribution < -0.4 is 4.74 Å². The summed E-state index contributed by atoms with van der Waals surface area (Å²) in [6.45, 7) is 0. The summed E-state index contributed by atoms with van der Waals surface area (Å²) < 4.78 is 5.23. The van der Waals surface area contributed by atoms with E-state index < -0.39 is 5.97 Å². The predicted octanol–water partition coefficient (Wildman–Crippen LogP) is 4.61. The van der Waals surface area contributed by atoms with Crippen LogP contribution in [-0.4, -0.2) is 24.0 Å².